The first-order valence-corrected chi connectivity index (χ1v) is 8.73. The first-order valence-electron chi connectivity index (χ1n) is 8.73. The van der Waals surface area contributed by atoms with Gasteiger partial charge in [0.1, 0.15) is 11.6 Å². The molecule has 3 N–H and O–H groups in total. The minimum atomic E-state index is -0.975. The molecule has 3 aliphatic heterocycles. The van der Waals surface area contributed by atoms with Crippen molar-refractivity contribution in [2.75, 3.05) is 32.7 Å². The quantitative estimate of drug-likeness (QED) is 0.526. The van der Waals surface area contributed by atoms with Crippen LogP contribution < -0.4 is 10.6 Å². The molecule has 8 nitrogen and oxygen atoms in total. The van der Waals surface area contributed by atoms with E-state index in [1.807, 2.05) is 0 Å². The average molecular weight is 338 g/mol. The maximum absolute atomic E-state index is 12.4. The summed E-state index contributed by atoms with van der Waals surface area (Å²) in [7, 11) is 0. The third-order valence-corrected chi connectivity index (χ3v) is 5.22. The fraction of sp³-hybridized carbons (Fsp3) is 0.812. The molecule has 3 amide bonds. The molecule has 0 saturated carbocycles. The van der Waals surface area contributed by atoms with E-state index in [1.54, 1.807) is 4.90 Å². The summed E-state index contributed by atoms with van der Waals surface area (Å²) >= 11 is 0. The zero-order chi connectivity index (χ0) is 17.3. The summed E-state index contributed by atoms with van der Waals surface area (Å²) in [4.78, 5) is 40.0. The Morgan fingerprint density at radius 3 is 2.58 bits per heavy atom. The smallest absolute Gasteiger partial charge is 0.247 e. The van der Waals surface area contributed by atoms with Gasteiger partial charge in [-0.05, 0) is 39.2 Å². The van der Waals surface area contributed by atoms with Crippen molar-refractivity contribution in [3.05, 3.63) is 0 Å². The predicted octanol–water partition coefficient (Wildman–Crippen LogP) is -1.56. The maximum atomic E-state index is 12.4. The van der Waals surface area contributed by atoms with Gasteiger partial charge in [0.2, 0.25) is 17.7 Å². The molecule has 3 fully saturated rings. The van der Waals surface area contributed by atoms with Gasteiger partial charge in [0.05, 0.1) is 12.6 Å². The van der Waals surface area contributed by atoms with E-state index in [0.717, 1.165) is 32.2 Å². The summed E-state index contributed by atoms with van der Waals surface area (Å²) in [6, 6.07) is -0.953. The molecule has 3 atom stereocenters. The van der Waals surface area contributed by atoms with Crippen molar-refractivity contribution in [1.82, 2.24) is 20.4 Å². The van der Waals surface area contributed by atoms with Gasteiger partial charge in [0, 0.05) is 19.6 Å². The number of β-lactam (4-membered cyclic amide) rings is 1. The Labute approximate surface area is 141 Å². The number of carbonyl (C=O) groups excluding carboxylic acids is 3. The molecule has 3 aliphatic rings. The Balaban J connectivity index is 1.52. The van der Waals surface area contributed by atoms with Crippen LogP contribution in [-0.2, 0) is 14.4 Å². The van der Waals surface area contributed by atoms with Crippen molar-refractivity contribution in [3.8, 4) is 0 Å². The van der Waals surface area contributed by atoms with Crippen LogP contribution in [0.25, 0.3) is 0 Å². The lowest BCUT2D eigenvalue weighted by atomic mass is 9.87. The zero-order valence-electron chi connectivity index (χ0n) is 14.1. The second-order valence-corrected chi connectivity index (χ2v) is 7.09. The Bertz CT molecular complexity index is 524. The van der Waals surface area contributed by atoms with Crippen molar-refractivity contribution in [2.24, 2.45) is 0 Å². The molecule has 3 saturated heterocycles. The highest BCUT2D eigenvalue weighted by Crippen LogP contribution is 2.31. The highest BCUT2D eigenvalue weighted by Gasteiger charge is 2.53. The molecule has 24 heavy (non-hydrogen) atoms. The first-order chi connectivity index (χ1) is 11.4. The van der Waals surface area contributed by atoms with Gasteiger partial charge in [-0.15, -0.1) is 0 Å². The molecule has 3 heterocycles. The third kappa shape index (κ3) is 3.12. The molecule has 0 aromatic carbocycles. The topological polar surface area (TPSA) is 102 Å². The number of nitrogens with zero attached hydrogens (tertiary/aromatic N) is 2. The number of hydrogen-bond donors (Lipinski definition) is 3. The normalized spacial score (nSPS) is 28.8. The fourth-order valence-corrected chi connectivity index (χ4v) is 3.84. The van der Waals surface area contributed by atoms with Crippen LogP contribution in [0.1, 0.15) is 32.6 Å². The van der Waals surface area contributed by atoms with Crippen LogP contribution in [0.15, 0.2) is 0 Å². The number of aliphatic hydroxyl groups is 1. The van der Waals surface area contributed by atoms with Crippen molar-refractivity contribution >= 4 is 17.7 Å². The lowest BCUT2D eigenvalue weighted by molar-refractivity contribution is -0.155. The summed E-state index contributed by atoms with van der Waals surface area (Å²) in [5.74, 6) is -0.705. The molecule has 0 radical (unpaired) electrons. The van der Waals surface area contributed by atoms with Crippen LogP contribution in [0.5, 0.6) is 0 Å². The number of carbonyl (C=O) groups is 3. The molecule has 0 aliphatic carbocycles. The van der Waals surface area contributed by atoms with Crippen molar-refractivity contribution in [2.45, 2.75) is 50.3 Å². The summed E-state index contributed by atoms with van der Waals surface area (Å²) in [6.07, 6.45) is 2.71. The Kier molecular flexibility index (Phi) is 4.78. The van der Waals surface area contributed by atoms with Crippen LogP contribution in [0, 0.1) is 0 Å². The lowest BCUT2D eigenvalue weighted by Gasteiger charge is -2.46. The van der Waals surface area contributed by atoms with Crippen molar-refractivity contribution in [3.63, 3.8) is 0 Å². The zero-order valence-corrected chi connectivity index (χ0v) is 14.1. The van der Waals surface area contributed by atoms with E-state index in [-0.39, 0.29) is 18.4 Å². The SMILES string of the molecule is C[C@@H](O)[C@H](NC(=O)CN1CC2(CCCN2)C1=O)C(=O)N1CCCC1. The van der Waals surface area contributed by atoms with Gasteiger partial charge in [-0.25, -0.2) is 0 Å². The third-order valence-electron chi connectivity index (χ3n) is 5.22. The van der Waals surface area contributed by atoms with Gasteiger partial charge in [-0.2, -0.15) is 0 Å². The minimum Gasteiger partial charge on any atom is -0.391 e. The molecule has 134 valence electrons. The number of nitrogens with one attached hydrogen (secondary N) is 2. The second kappa shape index (κ2) is 6.68. The van der Waals surface area contributed by atoms with Crippen LogP contribution >= 0.6 is 0 Å². The number of hydrogen-bond acceptors (Lipinski definition) is 5. The van der Waals surface area contributed by atoms with Gasteiger partial charge in [0.15, 0.2) is 0 Å². The van der Waals surface area contributed by atoms with Crippen molar-refractivity contribution in [1.29, 1.82) is 0 Å². The molecule has 0 aromatic rings. The Morgan fingerprint density at radius 1 is 1.33 bits per heavy atom. The Hall–Kier alpha value is -1.67. The summed E-state index contributed by atoms with van der Waals surface area (Å²) in [5, 5.41) is 15.7. The lowest BCUT2D eigenvalue weighted by Crippen LogP contribution is -2.72. The minimum absolute atomic E-state index is 0.0467. The van der Waals surface area contributed by atoms with E-state index in [1.165, 1.54) is 11.8 Å². The van der Waals surface area contributed by atoms with E-state index in [9.17, 15) is 19.5 Å². The molecule has 1 spiro atoms. The second-order valence-electron chi connectivity index (χ2n) is 7.09. The number of aliphatic hydroxyl groups excluding tert-OH is 1. The van der Waals surface area contributed by atoms with E-state index < -0.39 is 23.6 Å². The average Bonchev–Trinajstić information content (AvgIpc) is 3.23. The van der Waals surface area contributed by atoms with E-state index in [0.29, 0.717) is 19.6 Å². The maximum Gasteiger partial charge on any atom is 0.247 e. The molecule has 0 aromatic heterocycles. The van der Waals surface area contributed by atoms with Gasteiger partial charge in [0.25, 0.3) is 0 Å². The highest BCUT2D eigenvalue weighted by atomic mass is 16.3. The van der Waals surface area contributed by atoms with Crippen LogP contribution in [-0.4, -0.2) is 83.0 Å². The molecular formula is C16H26N4O4. The standard InChI is InChI=1S/C16H26N4O4/c1-11(21)13(14(23)19-7-2-3-8-19)18-12(22)9-20-10-16(15(20)24)5-4-6-17-16/h11,13,17,21H,2-10H2,1H3,(H,18,22)/t11-,13+,16?/m1/s1. The number of rotatable bonds is 5. The fourth-order valence-electron chi connectivity index (χ4n) is 3.84. The monoisotopic (exact) mass is 338 g/mol. The molecule has 1 unspecified atom stereocenters. The summed E-state index contributed by atoms with van der Waals surface area (Å²) in [5.41, 5.74) is -0.463. The number of amides is 3. The van der Waals surface area contributed by atoms with Gasteiger partial charge < -0.3 is 25.5 Å². The van der Waals surface area contributed by atoms with Gasteiger partial charge >= 0.3 is 0 Å². The predicted molar refractivity (Wildman–Crippen MR) is 86.0 cm³/mol. The summed E-state index contributed by atoms with van der Waals surface area (Å²) in [6.45, 7) is 4.11. The van der Waals surface area contributed by atoms with E-state index in [2.05, 4.69) is 10.6 Å². The van der Waals surface area contributed by atoms with E-state index >= 15 is 0 Å². The molecule has 3 rings (SSSR count). The van der Waals surface area contributed by atoms with Gasteiger partial charge in [-0.3, -0.25) is 14.4 Å². The van der Waals surface area contributed by atoms with E-state index in [4.69, 9.17) is 0 Å². The Morgan fingerprint density at radius 2 is 2.04 bits per heavy atom. The molecule has 0 bridgehead atoms. The molecule has 8 heteroatoms. The van der Waals surface area contributed by atoms with Crippen LogP contribution in [0.3, 0.4) is 0 Å². The molecular weight excluding hydrogens is 312 g/mol. The number of likely N-dealkylation sites (tertiary alicyclic amines) is 2. The van der Waals surface area contributed by atoms with Crippen molar-refractivity contribution < 1.29 is 19.5 Å². The van der Waals surface area contributed by atoms with Crippen LogP contribution in [0.4, 0.5) is 0 Å². The summed E-state index contributed by atoms with van der Waals surface area (Å²) < 4.78 is 0. The largest absolute Gasteiger partial charge is 0.391 e. The first kappa shape index (κ1) is 17.2. The van der Waals surface area contributed by atoms with Crippen LogP contribution in [0.2, 0.25) is 0 Å². The van der Waals surface area contributed by atoms with Gasteiger partial charge in [-0.1, -0.05) is 0 Å². The highest BCUT2D eigenvalue weighted by molar-refractivity contribution is 5.97.